The van der Waals surface area contributed by atoms with E-state index in [1.807, 2.05) is 32.7 Å². The van der Waals surface area contributed by atoms with Gasteiger partial charge < -0.3 is 15.5 Å². The molecule has 0 unspecified atom stereocenters. The molecule has 6 nitrogen and oxygen atoms in total. The molecule has 0 aromatic carbocycles. The molecule has 1 aromatic heterocycles. The fourth-order valence-electron chi connectivity index (χ4n) is 2.25. The molecule has 0 fully saturated rings. The van der Waals surface area contributed by atoms with E-state index in [0.717, 1.165) is 36.6 Å². The van der Waals surface area contributed by atoms with Crippen molar-refractivity contribution in [1.82, 2.24) is 15.3 Å². The molecule has 0 aliphatic heterocycles. The van der Waals surface area contributed by atoms with Gasteiger partial charge in [0.1, 0.15) is 18.0 Å². The maximum Gasteiger partial charge on any atom is 0.239 e. The minimum Gasteiger partial charge on any atom is -0.373 e. The van der Waals surface area contributed by atoms with E-state index in [1.54, 1.807) is 6.33 Å². The zero-order valence-electron chi connectivity index (χ0n) is 13.7. The van der Waals surface area contributed by atoms with Gasteiger partial charge in [0.05, 0.1) is 6.54 Å². The molecular weight excluding hydrogens is 266 g/mol. The molecule has 0 aliphatic carbocycles. The number of rotatable bonds is 8. The zero-order valence-corrected chi connectivity index (χ0v) is 13.7. The lowest BCUT2D eigenvalue weighted by Crippen LogP contribution is -2.40. The van der Waals surface area contributed by atoms with Gasteiger partial charge in [-0.25, -0.2) is 9.97 Å². The monoisotopic (exact) mass is 293 g/mol. The normalized spacial score (nSPS) is 10.6. The topological polar surface area (TPSA) is 70.2 Å². The summed E-state index contributed by atoms with van der Waals surface area (Å²) in [7, 11) is 1.85. The van der Waals surface area contributed by atoms with Crippen molar-refractivity contribution in [2.24, 2.45) is 0 Å². The summed E-state index contributed by atoms with van der Waals surface area (Å²) in [6, 6.07) is 0.143. The third kappa shape index (κ3) is 4.88. The molecule has 0 spiro atoms. The van der Waals surface area contributed by atoms with Crippen molar-refractivity contribution in [2.75, 3.05) is 30.4 Å². The fourth-order valence-corrected chi connectivity index (χ4v) is 2.25. The summed E-state index contributed by atoms with van der Waals surface area (Å²) in [6.07, 6.45) is 3.43. The first-order valence-corrected chi connectivity index (χ1v) is 7.59. The van der Waals surface area contributed by atoms with Crippen LogP contribution in [0.25, 0.3) is 0 Å². The molecule has 1 rings (SSSR count). The van der Waals surface area contributed by atoms with Crippen LogP contribution in [-0.2, 0) is 11.2 Å². The van der Waals surface area contributed by atoms with Crippen molar-refractivity contribution in [1.29, 1.82) is 0 Å². The number of hydrogen-bond donors (Lipinski definition) is 2. The molecule has 1 aromatic rings. The lowest BCUT2D eigenvalue weighted by molar-refractivity contribution is -0.120. The van der Waals surface area contributed by atoms with Crippen molar-refractivity contribution in [2.45, 2.75) is 46.6 Å². The van der Waals surface area contributed by atoms with Crippen molar-refractivity contribution in [3.8, 4) is 0 Å². The number of aromatic nitrogens is 2. The lowest BCUT2D eigenvalue weighted by Gasteiger charge is -2.25. The molecule has 118 valence electrons. The molecule has 0 atom stereocenters. The highest BCUT2D eigenvalue weighted by molar-refractivity contribution is 5.81. The highest BCUT2D eigenvalue weighted by Crippen LogP contribution is 2.24. The molecule has 0 aliphatic rings. The van der Waals surface area contributed by atoms with Crippen molar-refractivity contribution in [3.05, 3.63) is 11.9 Å². The fraction of sp³-hybridized carbons (Fsp3) is 0.667. The first-order chi connectivity index (χ1) is 10.0. The predicted octanol–water partition coefficient (Wildman–Crippen LogP) is 1.82. The Hall–Kier alpha value is -1.85. The van der Waals surface area contributed by atoms with Gasteiger partial charge >= 0.3 is 0 Å². The average Bonchev–Trinajstić information content (AvgIpc) is 2.44. The maximum atomic E-state index is 12.0. The Morgan fingerprint density at radius 2 is 2.05 bits per heavy atom. The number of likely N-dealkylation sites (N-methyl/N-ethyl adjacent to an activating group) is 1. The Kier molecular flexibility index (Phi) is 6.91. The number of carbonyl (C=O) groups excluding carboxylic acids is 1. The first-order valence-electron chi connectivity index (χ1n) is 7.59. The molecular formula is C15H27N5O. The summed E-state index contributed by atoms with van der Waals surface area (Å²) in [5.41, 5.74) is 1.07. The van der Waals surface area contributed by atoms with E-state index < -0.39 is 0 Å². The largest absolute Gasteiger partial charge is 0.373 e. The molecule has 0 saturated carbocycles. The van der Waals surface area contributed by atoms with Crippen LogP contribution >= 0.6 is 0 Å². The van der Waals surface area contributed by atoms with Crippen LogP contribution in [0.4, 0.5) is 11.6 Å². The zero-order chi connectivity index (χ0) is 15.8. The summed E-state index contributed by atoms with van der Waals surface area (Å²) in [5.74, 6) is 1.70. The number of hydrogen-bond acceptors (Lipinski definition) is 5. The van der Waals surface area contributed by atoms with Crippen LogP contribution in [-0.4, -0.2) is 42.1 Å². The number of anilines is 2. The van der Waals surface area contributed by atoms with E-state index in [4.69, 9.17) is 0 Å². The van der Waals surface area contributed by atoms with E-state index in [9.17, 15) is 4.79 Å². The molecule has 21 heavy (non-hydrogen) atoms. The van der Waals surface area contributed by atoms with Gasteiger partial charge in [0.2, 0.25) is 5.91 Å². The Morgan fingerprint density at radius 3 is 2.57 bits per heavy atom. The summed E-state index contributed by atoms with van der Waals surface area (Å²) in [4.78, 5) is 22.7. The second-order valence-corrected chi connectivity index (χ2v) is 5.26. The smallest absolute Gasteiger partial charge is 0.239 e. The van der Waals surface area contributed by atoms with E-state index in [1.165, 1.54) is 0 Å². The van der Waals surface area contributed by atoms with E-state index in [-0.39, 0.29) is 11.9 Å². The standard InChI is InChI=1S/C15H27N5O/c1-6-8-12-14(16-5)17-10-18-15(12)20(7-2)9-13(21)19-11(3)4/h10-11H,6-9H2,1-5H3,(H,19,21)(H,16,17,18). The van der Waals surface area contributed by atoms with Crippen LogP contribution in [0.1, 0.15) is 39.7 Å². The molecule has 1 heterocycles. The molecule has 2 N–H and O–H groups in total. The molecule has 0 radical (unpaired) electrons. The van der Waals surface area contributed by atoms with Crippen LogP contribution in [0.5, 0.6) is 0 Å². The molecule has 1 amide bonds. The highest BCUT2D eigenvalue weighted by Gasteiger charge is 2.18. The molecule has 6 heteroatoms. The predicted molar refractivity (Wildman–Crippen MR) is 86.7 cm³/mol. The lowest BCUT2D eigenvalue weighted by atomic mass is 10.1. The van der Waals surface area contributed by atoms with Crippen LogP contribution in [0.15, 0.2) is 6.33 Å². The number of amides is 1. The number of carbonyl (C=O) groups is 1. The van der Waals surface area contributed by atoms with Crippen molar-refractivity contribution < 1.29 is 4.79 Å². The summed E-state index contributed by atoms with van der Waals surface area (Å²) in [5, 5.41) is 6.02. The van der Waals surface area contributed by atoms with Crippen LogP contribution in [0.3, 0.4) is 0 Å². The van der Waals surface area contributed by atoms with Crippen molar-refractivity contribution in [3.63, 3.8) is 0 Å². The SMILES string of the molecule is CCCc1c(NC)ncnc1N(CC)CC(=O)NC(C)C. The van der Waals surface area contributed by atoms with Gasteiger partial charge in [-0.15, -0.1) is 0 Å². The maximum absolute atomic E-state index is 12.0. The second kappa shape index (κ2) is 8.44. The second-order valence-electron chi connectivity index (χ2n) is 5.26. The minimum absolute atomic E-state index is 0.0129. The molecule has 0 saturated heterocycles. The average molecular weight is 293 g/mol. The Bertz CT molecular complexity index is 461. The van der Waals surface area contributed by atoms with Gasteiger partial charge in [0.15, 0.2) is 0 Å². The van der Waals surface area contributed by atoms with E-state index in [0.29, 0.717) is 6.54 Å². The summed E-state index contributed by atoms with van der Waals surface area (Å²) >= 11 is 0. The number of nitrogens with zero attached hydrogens (tertiary/aromatic N) is 3. The van der Waals surface area contributed by atoms with Gasteiger partial charge in [-0.2, -0.15) is 0 Å². The van der Waals surface area contributed by atoms with Gasteiger partial charge in [-0.05, 0) is 27.2 Å². The van der Waals surface area contributed by atoms with Crippen LogP contribution < -0.4 is 15.5 Å². The van der Waals surface area contributed by atoms with Gasteiger partial charge in [0.25, 0.3) is 0 Å². The van der Waals surface area contributed by atoms with Gasteiger partial charge in [0, 0.05) is 25.2 Å². The quantitative estimate of drug-likeness (QED) is 0.765. The van der Waals surface area contributed by atoms with Gasteiger partial charge in [-0.3, -0.25) is 4.79 Å². The molecule has 0 bridgehead atoms. The van der Waals surface area contributed by atoms with Crippen LogP contribution in [0, 0.1) is 0 Å². The Morgan fingerprint density at radius 1 is 1.33 bits per heavy atom. The van der Waals surface area contributed by atoms with E-state index >= 15 is 0 Å². The van der Waals surface area contributed by atoms with E-state index in [2.05, 4.69) is 27.5 Å². The Balaban J connectivity index is 3.01. The summed E-state index contributed by atoms with van der Waals surface area (Å²) in [6.45, 7) is 9.10. The summed E-state index contributed by atoms with van der Waals surface area (Å²) < 4.78 is 0. The number of nitrogens with one attached hydrogen (secondary N) is 2. The first kappa shape index (κ1) is 17.2. The Labute approximate surface area is 127 Å². The van der Waals surface area contributed by atoms with Crippen LogP contribution in [0.2, 0.25) is 0 Å². The third-order valence-corrected chi connectivity index (χ3v) is 3.12. The van der Waals surface area contributed by atoms with Crippen molar-refractivity contribution >= 4 is 17.5 Å². The third-order valence-electron chi connectivity index (χ3n) is 3.12. The van der Waals surface area contributed by atoms with Gasteiger partial charge in [-0.1, -0.05) is 13.3 Å². The highest BCUT2D eigenvalue weighted by atomic mass is 16.2. The minimum atomic E-state index is 0.0129.